The maximum absolute atomic E-state index is 12.8. The Balaban J connectivity index is 1.73. The van der Waals surface area contributed by atoms with E-state index in [1.165, 1.54) is 7.11 Å². The van der Waals surface area contributed by atoms with Crippen molar-refractivity contribution in [3.63, 3.8) is 0 Å². The van der Waals surface area contributed by atoms with E-state index in [9.17, 15) is 9.59 Å². The third-order valence-corrected chi connectivity index (χ3v) is 5.28. The van der Waals surface area contributed by atoms with Crippen LogP contribution in [0.4, 0.5) is 5.69 Å². The number of thioether (sulfide) groups is 1. The first-order chi connectivity index (χ1) is 14.4. The molecule has 0 atom stereocenters. The van der Waals surface area contributed by atoms with Crippen molar-refractivity contribution in [2.45, 2.75) is 18.9 Å². The van der Waals surface area contributed by atoms with Crippen LogP contribution in [0.15, 0.2) is 58.6 Å². The highest BCUT2D eigenvalue weighted by Crippen LogP contribution is 2.29. The number of nitrogens with one attached hydrogen (secondary N) is 1. The van der Waals surface area contributed by atoms with Gasteiger partial charge in [-0.25, -0.2) is 4.98 Å². The summed E-state index contributed by atoms with van der Waals surface area (Å²) in [5.41, 5.74) is 3.17. The minimum atomic E-state index is -0.272. The first-order valence-electron chi connectivity index (χ1n) is 9.22. The number of hydrogen-bond donors (Lipinski definition) is 1. The second kappa shape index (κ2) is 9.49. The summed E-state index contributed by atoms with van der Waals surface area (Å²) in [6.45, 7) is 3.96. The molecule has 0 unspecified atom stereocenters. The molecule has 1 amide bonds. The molecular formula is C22H23N3O4S. The van der Waals surface area contributed by atoms with Crippen molar-refractivity contribution >= 4 is 23.4 Å². The summed E-state index contributed by atoms with van der Waals surface area (Å²) < 4.78 is 12.0. The van der Waals surface area contributed by atoms with Gasteiger partial charge in [0.1, 0.15) is 11.5 Å². The van der Waals surface area contributed by atoms with E-state index in [2.05, 4.69) is 10.3 Å². The number of carbonyl (C=O) groups is 1. The lowest BCUT2D eigenvalue weighted by Crippen LogP contribution is -2.22. The summed E-state index contributed by atoms with van der Waals surface area (Å²) in [5, 5.41) is 3.04. The number of amides is 1. The third kappa shape index (κ3) is 5.01. The van der Waals surface area contributed by atoms with Gasteiger partial charge in [-0.1, -0.05) is 17.8 Å². The summed E-state index contributed by atoms with van der Waals surface area (Å²) in [6, 6.07) is 11.0. The van der Waals surface area contributed by atoms with Crippen LogP contribution >= 0.6 is 11.8 Å². The number of anilines is 1. The third-order valence-electron chi connectivity index (χ3n) is 4.32. The van der Waals surface area contributed by atoms with Crippen LogP contribution in [-0.4, -0.2) is 35.4 Å². The molecule has 7 nitrogen and oxygen atoms in total. The van der Waals surface area contributed by atoms with E-state index in [4.69, 9.17) is 9.47 Å². The van der Waals surface area contributed by atoms with Crippen LogP contribution < -0.4 is 20.3 Å². The average Bonchev–Trinajstić information content (AvgIpc) is 2.72. The molecule has 0 saturated carbocycles. The zero-order chi connectivity index (χ0) is 21.7. The second-order valence-electron chi connectivity index (χ2n) is 6.66. The summed E-state index contributed by atoms with van der Waals surface area (Å²) in [6.07, 6.45) is 3.19. The highest BCUT2D eigenvalue weighted by atomic mass is 32.2. The number of ether oxygens (including phenoxy) is 2. The summed E-state index contributed by atoms with van der Waals surface area (Å²) in [7, 11) is 3.07. The first kappa shape index (κ1) is 21.4. The highest BCUT2D eigenvalue weighted by molar-refractivity contribution is 7.99. The lowest BCUT2D eigenvalue weighted by molar-refractivity contribution is -0.113. The second-order valence-corrected chi connectivity index (χ2v) is 7.62. The molecule has 3 aromatic rings. The number of hydrogen-bond acceptors (Lipinski definition) is 6. The van der Waals surface area contributed by atoms with Gasteiger partial charge in [0.05, 0.1) is 25.7 Å². The maximum Gasteiger partial charge on any atom is 0.287 e. The minimum Gasteiger partial charge on any atom is -0.497 e. The van der Waals surface area contributed by atoms with Gasteiger partial charge < -0.3 is 14.8 Å². The SMILES string of the molecule is COc1ccc(NC(=O)CSc2nccn(-c3cc(C)cc(C)c3)c2=O)c(OC)c1. The van der Waals surface area contributed by atoms with Crippen LogP contribution in [0.5, 0.6) is 11.5 Å². The Morgan fingerprint density at radius 2 is 1.83 bits per heavy atom. The molecule has 3 rings (SSSR count). The smallest absolute Gasteiger partial charge is 0.287 e. The predicted octanol–water partition coefficient (Wildman–Crippen LogP) is 3.60. The van der Waals surface area contributed by atoms with Crippen LogP contribution in [0.3, 0.4) is 0 Å². The fraction of sp³-hybridized carbons (Fsp3) is 0.227. The van der Waals surface area contributed by atoms with Crippen molar-refractivity contribution in [3.05, 3.63) is 70.3 Å². The summed E-state index contributed by atoms with van der Waals surface area (Å²) in [5.74, 6) is 0.877. The normalized spacial score (nSPS) is 10.5. The molecule has 2 aromatic carbocycles. The molecular weight excluding hydrogens is 402 g/mol. The van der Waals surface area contributed by atoms with Crippen molar-refractivity contribution in [3.8, 4) is 17.2 Å². The van der Waals surface area contributed by atoms with Gasteiger partial charge in [-0.15, -0.1) is 0 Å². The quantitative estimate of drug-likeness (QED) is 0.583. The van der Waals surface area contributed by atoms with Crippen LogP contribution in [0, 0.1) is 13.8 Å². The molecule has 156 valence electrons. The fourth-order valence-corrected chi connectivity index (χ4v) is 3.70. The van der Waals surface area contributed by atoms with Crippen molar-refractivity contribution in [1.82, 2.24) is 9.55 Å². The van der Waals surface area contributed by atoms with E-state index in [1.54, 1.807) is 42.3 Å². The summed E-state index contributed by atoms with van der Waals surface area (Å²) >= 11 is 1.09. The Morgan fingerprint density at radius 1 is 1.10 bits per heavy atom. The van der Waals surface area contributed by atoms with Gasteiger partial charge in [-0.2, -0.15) is 0 Å². The topological polar surface area (TPSA) is 82.5 Å². The number of aromatic nitrogens is 2. The largest absolute Gasteiger partial charge is 0.497 e. The van der Waals surface area contributed by atoms with Crippen LogP contribution in [0.25, 0.3) is 5.69 Å². The molecule has 1 heterocycles. The van der Waals surface area contributed by atoms with Gasteiger partial charge in [0.15, 0.2) is 5.03 Å². The van der Waals surface area contributed by atoms with E-state index in [0.29, 0.717) is 17.2 Å². The molecule has 0 saturated heterocycles. The maximum atomic E-state index is 12.8. The van der Waals surface area contributed by atoms with Gasteiger partial charge in [0.25, 0.3) is 5.56 Å². The standard InChI is InChI=1S/C22H23N3O4S/c1-14-9-15(2)11-16(10-14)25-8-7-23-21(22(25)27)30-13-20(26)24-18-6-5-17(28-3)12-19(18)29-4/h5-12H,13H2,1-4H3,(H,24,26). The van der Waals surface area contributed by atoms with E-state index < -0.39 is 0 Å². The van der Waals surface area contributed by atoms with Crippen LogP contribution in [-0.2, 0) is 4.79 Å². The minimum absolute atomic E-state index is 0.0360. The van der Waals surface area contributed by atoms with Crippen molar-refractivity contribution in [2.24, 2.45) is 0 Å². The molecule has 0 bridgehead atoms. The Labute approximate surface area is 179 Å². The molecule has 0 aliphatic rings. The Kier molecular flexibility index (Phi) is 6.79. The molecule has 1 aromatic heterocycles. The van der Waals surface area contributed by atoms with Crippen molar-refractivity contribution in [2.75, 3.05) is 25.3 Å². The first-order valence-corrected chi connectivity index (χ1v) is 10.2. The van der Waals surface area contributed by atoms with E-state index in [-0.39, 0.29) is 22.2 Å². The highest BCUT2D eigenvalue weighted by Gasteiger charge is 2.13. The number of methoxy groups -OCH3 is 2. The predicted molar refractivity (Wildman–Crippen MR) is 118 cm³/mol. The Bertz CT molecular complexity index is 1110. The van der Waals surface area contributed by atoms with Gasteiger partial charge >= 0.3 is 0 Å². The zero-order valence-electron chi connectivity index (χ0n) is 17.3. The lowest BCUT2D eigenvalue weighted by atomic mass is 10.1. The Hall–Kier alpha value is -3.26. The van der Waals surface area contributed by atoms with E-state index >= 15 is 0 Å². The van der Waals surface area contributed by atoms with E-state index in [0.717, 1.165) is 28.6 Å². The number of aryl methyl sites for hydroxylation is 2. The number of carbonyl (C=O) groups excluding carboxylic acids is 1. The lowest BCUT2D eigenvalue weighted by Gasteiger charge is -2.12. The Morgan fingerprint density at radius 3 is 2.50 bits per heavy atom. The van der Waals surface area contributed by atoms with Gasteiger partial charge in [0, 0.05) is 24.1 Å². The fourth-order valence-electron chi connectivity index (χ4n) is 3.01. The number of rotatable bonds is 7. The molecule has 0 radical (unpaired) electrons. The van der Waals surface area contributed by atoms with Crippen LogP contribution in [0.2, 0.25) is 0 Å². The molecule has 0 aliphatic heterocycles. The van der Waals surface area contributed by atoms with Crippen LogP contribution in [0.1, 0.15) is 11.1 Å². The molecule has 0 fully saturated rings. The van der Waals surface area contributed by atoms with Gasteiger partial charge in [-0.3, -0.25) is 14.2 Å². The van der Waals surface area contributed by atoms with E-state index in [1.807, 2.05) is 32.0 Å². The molecule has 0 spiro atoms. The zero-order valence-corrected chi connectivity index (χ0v) is 18.1. The van der Waals surface area contributed by atoms with Crippen molar-refractivity contribution < 1.29 is 14.3 Å². The van der Waals surface area contributed by atoms with Gasteiger partial charge in [-0.05, 0) is 49.2 Å². The molecule has 30 heavy (non-hydrogen) atoms. The molecule has 1 N–H and O–H groups in total. The molecule has 8 heteroatoms. The number of nitrogens with zero attached hydrogens (tertiary/aromatic N) is 2. The molecule has 0 aliphatic carbocycles. The summed E-state index contributed by atoms with van der Waals surface area (Å²) in [4.78, 5) is 29.4. The van der Waals surface area contributed by atoms with Crippen molar-refractivity contribution in [1.29, 1.82) is 0 Å². The number of benzene rings is 2. The average molecular weight is 426 g/mol. The monoisotopic (exact) mass is 425 g/mol. The van der Waals surface area contributed by atoms with Gasteiger partial charge in [0.2, 0.25) is 5.91 Å².